The van der Waals surface area contributed by atoms with Gasteiger partial charge in [-0.2, -0.15) is 0 Å². The Morgan fingerprint density at radius 3 is 2.65 bits per heavy atom. The van der Waals surface area contributed by atoms with Crippen molar-refractivity contribution in [1.82, 2.24) is 15.5 Å². The van der Waals surface area contributed by atoms with Crippen LogP contribution in [0.15, 0.2) is 39.6 Å². The monoisotopic (exact) mass is 503 g/mol. The molecule has 1 fully saturated rings. The first kappa shape index (κ1) is 23.9. The normalized spacial score (nSPS) is 26.2. The van der Waals surface area contributed by atoms with Crippen molar-refractivity contribution >= 4 is 22.1 Å². The zero-order chi connectivity index (χ0) is 22.6. The zero-order valence-corrected chi connectivity index (χ0v) is 19.3. The van der Waals surface area contributed by atoms with E-state index in [0.717, 1.165) is 38.0 Å². The van der Waals surface area contributed by atoms with E-state index in [9.17, 15) is 13.2 Å². The third-order valence-electron chi connectivity index (χ3n) is 5.80. The van der Waals surface area contributed by atoms with Crippen molar-refractivity contribution in [3.63, 3.8) is 0 Å². The van der Waals surface area contributed by atoms with Gasteiger partial charge in [0.15, 0.2) is 5.79 Å². The van der Waals surface area contributed by atoms with Crippen molar-refractivity contribution in [2.45, 2.75) is 44.4 Å². The van der Waals surface area contributed by atoms with E-state index in [1.807, 2.05) is 25.1 Å². The van der Waals surface area contributed by atoms with Crippen molar-refractivity contribution in [2.24, 2.45) is 22.6 Å². The number of nitrogens with zero attached hydrogens (tertiary/aromatic N) is 2. The quantitative estimate of drug-likeness (QED) is 0.525. The molecule has 1 atom stereocenters. The number of nitrogens with one attached hydrogen (secondary N) is 2. The molecule has 1 aromatic rings. The van der Waals surface area contributed by atoms with Gasteiger partial charge in [0.2, 0.25) is 0 Å². The molecule has 1 heterocycles. The summed E-state index contributed by atoms with van der Waals surface area (Å²) >= 11 is 3.19. The summed E-state index contributed by atoms with van der Waals surface area (Å²) in [5.41, 5.74) is 7.03. The molecule has 0 amide bonds. The van der Waals surface area contributed by atoms with Crippen LogP contribution in [0.4, 0.5) is 13.2 Å². The molecule has 0 spiro atoms. The summed E-state index contributed by atoms with van der Waals surface area (Å²) in [7, 11) is 3.91. The molecule has 2 aliphatic rings. The van der Waals surface area contributed by atoms with Crippen LogP contribution in [-0.4, -0.2) is 43.9 Å². The zero-order valence-electron chi connectivity index (χ0n) is 17.7. The maximum absolute atomic E-state index is 12.7. The summed E-state index contributed by atoms with van der Waals surface area (Å²) in [5.74, 6) is 0.621. The third kappa shape index (κ3) is 6.60. The molecule has 0 bridgehead atoms. The largest absolute Gasteiger partial charge is 0.573 e. The van der Waals surface area contributed by atoms with Crippen LogP contribution in [0.25, 0.3) is 0 Å². The molecule has 0 radical (unpaired) electrons. The molecule has 172 valence electrons. The van der Waals surface area contributed by atoms with E-state index in [1.165, 1.54) is 6.07 Å². The first-order chi connectivity index (χ1) is 14.6. The van der Waals surface area contributed by atoms with Crippen molar-refractivity contribution in [1.29, 1.82) is 0 Å². The Hall–Kier alpha value is -1.78. The van der Waals surface area contributed by atoms with Gasteiger partial charge in [-0.25, -0.2) is 0 Å². The van der Waals surface area contributed by atoms with Gasteiger partial charge in [0, 0.05) is 42.8 Å². The summed E-state index contributed by atoms with van der Waals surface area (Å²) < 4.78 is 42.7. The molecular formula is C21H29BrF3N5O. The molecule has 6 nitrogen and oxygen atoms in total. The minimum Gasteiger partial charge on any atom is -0.405 e. The average Bonchev–Trinajstić information content (AvgIpc) is 2.69. The molecule has 3 rings (SSSR count). The summed E-state index contributed by atoms with van der Waals surface area (Å²) in [6.45, 7) is 1.04. The molecule has 4 N–H and O–H groups in total. The molecule has 10 heteroatoms. The van der Waals surface area contributed by atoms with Crippen LogP contribution in [0.3, 0.4) is 0 Å². The van der Waals surface area contributed by atoms with E-state index in [-0.39, 0.29) is 11.7 Å². The minimum absolute atomic E-state index is 0.186. The molecule has 0 saturated heterocycles. The summed E-state index contributed by atoms with van der Waals surface area (Å²) in [6.07, 6.45) is 2.80. The number of rotatable bonds is 7. The van der Waals surface area contributed by atoms with Gasteiger partial charge in [0.05, 0.1) is 0 Å². The number of nitrogens with two attached hydrogens (primary N) is 1. The topological polar surface area (TPSA) is 74.9 Å². The van der Waals surface area contributed by atoms with Crippen molar-refractivity contribution in [3.05, 3.63) is 40.1 Å². The second-order valence-electron chi connectivity index (χ2n) is 8.32. The van der Waals surface area contributed by atoms with Gasteiger partial charge < -0.3 is 20.3 Å². The number of allylic oxidation sites excluding steroid dienone is 1. The Morgan fingerprint density at radius 2 is 2.00 bits per heavy atom. The van der Waals surface area contributed by atoms with Gasteiger partial charge in [-0.15, -0.1) is 13.2 Å². The molecule has 0 aromatic heterocycles. The van der Waals surface area contributed by atoms with Gasteiger partial charge >= 0.3 is 6.36 Å². The van der Waals surface area contributed by atoms with E-state index in [4.69, 9.17) is 5.73 Å². The summed E-state index contributed by atoms with van der Waals surface area (Å²) in [6, 6.07) is 4.68. The van der Waals surface area contributed by atoms with Gasteiger partial charge in [0.25, 0.3) is 0 Å². The maximum atomic E-state index is 12.7. The van der Waals surface area contributed by atoms with Crippen LogP contribution in [0.1, 0.15) is 31.2 Å². The van der Waals surface area contributed by atoms with E-state index >= 15 is 0 Å². The molecule has 1 unspecified atom stereocenters. The molecule has 1 aromatic carbocycles. The van der Waals surface area contributed by atoms with Crippen molar-refractivity contribution in [2.75, 3.05) is 20.6 Å². The summed E-state index contributed by atoms with van der Waals surface area (Å²) in [4.78, 5) is 6.48. The van der Waals surface area contributed by atoms with Crippen LogP contribution in [0, 0.1) is 11.8 Å². The van der Waals surface area contributed by atoms with Crippen LogP contribution < -0.4 is 21.1 Å². The fourth-order valence-corrected chi connectivity index (χ4v) is 4.43. The number of hydrogen-bond donors (Lipinski definition) is 3. The standard InChI is InChI=1S/C21H29BrF3N5O/c1-30(2)19-9-10-28-20(26,29-19)16-6-3-14(4-7-16)12-27-13-15-5-8-17(22)11-18(15)31-21(23,24)25/h5,8-11,14,16,27,29H,3-4,6-7,12-13,26H2,1-2H3. The Morgan fingerprint density at radius 1 is 1.29 bits per heavy atom. The first-order valence-corrected chi connectivity index (χ1v) is 11.1. The highest BCUT2D eigenvalue weighted by atomic mass is 79.9. The number of alkyl halides is 3. The van der Waals surface area contributed by atoms with Crippen LogP contribution in [-0.2, 0) is 6.54 Å². The van der Waals surface area contributed by atoms with Crippen LogP contribution >= 0.6 is 15.9 Å². The molecule has 1 saturated carbocycles. The van der Waals surface area contributed by atoms with E-state index < -0.39 is 12.1 Å². The van der Waals surface area contributed by atoms with E-state index in [2.05, 4.69) is 36.3 Å². The number of benzene rings is 1. The fraction of sp³-hybridized carbons (Fsp3) is 0.571. The van der Waals surface area contributed by atoms with E-state index in [1.54, 1.807) is 18.3 Å². The van der Waals surface area contributed by atoms with Crippen molar-refractivity contribution in [3.8, 4) is 5.75 Å². The lowest BCUT2D eigenvalue weighted by atomic mass is 9.78. The Bertz CT molecular complexity index is 822. The third-order valence-corrected chi connectivity index (χ3v) is 6.30. The van der Waals surface area contributed by atoms with Gasteiger partial charge in [0.1, 0.15) is 11.6 Å². The predicted octanol–water partition coefficient (Wildman–Crippen LogP) is 3.93. The van der Waals surface area contributed by atoms with Gasteiger partial charge in [-0.1, -0.05) is 22.0 Å². The molecular weight excluding hydrogens is 475 g/mol. The fourth-order valence-electron chi connectivity index (χ4n) is 4.09. The van der Waals surface area contributed by atoms with Crippen LogP contribution in [0.2, 0.25) is 0 Å². The smallest absolute Gasteiger partial charge is 0.405 e. The van der Waals surface area contributed by atoms with E-state index in [0.29, 0.717) is 22.5 Å². The second kappa shape index (κ2) is 9.79. The number of halogens is 4. The van der Waals surface area contributed by atoms with Gasteiger partial charge in [-0.3, -0.25) is 10.7 Å². The highest BCUT2D eigenvalue weighted by Gasteiger charge is 2.38. The molecule has 31 heavy (non-hydrogen) atoms. The maximum Gasteiger partial charge on any atom is 0.573 e. The first-order valence-electron chi connectivity index (χ1n) is 10.3. The van der Waals surface area contributed by atoms with Gasteiger partial charge in [-0.05, 0) is 56.4 Å². The lowest BCUT2D eigenvalue weighted by molar-refractivity contribution is -0.274. The summed E-state index contributed by atoms with van der Waals surface area (Å²) in [5, 5.41) is 6.64. The SMILES string of the molecule is CN(C)C1=CC=NC(N)(C2CCC(CNCc3ccc(Br)cc3OC(F)(F)F)CC2)N1. The highest BCUT2D eigenvalue weighted by Crippen LogP contribution is 2.35. The van der Waals surface area contributed by atoms with Crippen molar-refractivity contribution < 1.29 is 17.9 Å². The second-order valence-corrected chi connectivity index (χ2v) is 9.24. The average molecular weight is 504 g/mol. The lowest BCUT2D eigenvalue weighted by Crippen LogP contribution is -2.60. The number of aliphatic imine (C=N–C) groups is 1. The predicted molar refractivity (Wildman–Crippen MR) is 118 cm³/mol. The lowest BCUT2D eigenvalue weighted by Gasteiger charge is -2.42. The van der Waals surface area contributed by atoms with Crippen LogP contribution in [0.5, 0.6) is 5.75 Å². The molecule has 1 aliphatic heterocycles. The number of hydrogen-bond acceptors (Lipinski definition) is 6. The Labute approximate surface area is 189 Å². The highest BCUT2D eigenvalue weighted by molar-refractivity contribution is 9.10. The Balaban J connectivity index is 1.49. The Kier molecular flexibility index (Phi) is 7.54. The number of ether oxygens (including phenoxy) is 1. The molecule has 1 aliphatic carbocycles. The minimum atomic E-state index is -4.72.